The maximum absolute atomic E-state index is 13.1. The molecule has 0 aromatic heterocycles. The number of esters is 1. The molecule has 57 heavy (non-hydrogen) atoms. The lowest BCUT2D eigenvalue weighted by atomic mass is 9.94. The number of carbonyl (C=O) groups excluding carboxylic acids is 2. The molecule has 0 amide bonds. The zero-order valence-corrected chi connectivity index (χ0v) is 38.0. The van der Waals surface area contributed by atoms with E-state index in [1.807, 2.05) is 0 Å². The van der Waals surface area contributed by atoms with Crippen LogP contribution >= 0.6 is 0 Å². The Hall–Kier alpha value is -1.42. The Morgan fingerprint density at radius 1 is 0.404 bits per heavy atom. The average molecular weight is 814 g/mol. The second-order valence-electron chi connectivity index (χ2n) is 16.4. The van der Waals surface area contributed by atoms with E-state index in [1.165, 1.54) is 109 Å². The van der Waals surface area contributed by atoms with Crippen molar-refractivity contribution in [2.24, 2.45) is 5.92 Å². The van der Waals surface area contributed by atoms with E-state index < -0.39 is 6.16 Å². The van der Waals surface area contributed by atoms with Crippen LogP contribution in [0.4, 0.5) is 4.79 Å². The molecule has 0 spiro atoms. The van der Waals surface area contributed by atoms with E-state index in [9.17, 15) is 9.59 Å². The van der Waals surface area contributed by atoms with Crippen LogP contribution < -0.4 is 0 Å². The van der Waals surface area contributed by atoms with Crippen LogP contribution in [-0.4, -0.2) is 94.6 Å². The van der Waals surface area contributed by atoms with Crippen LogP contribution in [0.1, 0.15) is 220 Å². The monoisotopic (exact) mass is 814 g/mol. The standard InChI is InChI=1S/C48H95NO8/c1-4-7-10-13-16-17-18-23-31-40-56-48(52)57-41-32-25-29-36-49(37-42-53-44-45-54-43-38-50)35-28-22-19-24-30-39-55-47(51)46(33-26-20-14-11-8-5-2)34-27-21-15-12-9-6-3/h46,50H,4-45H2,1-3H3. The molecule has 0 aliphatic rings. The Balaban J connectivity index is 4.29. The van der Waals surface area contributed by atoms with Gasteiger partial charge in [0.2, 0.25) is 0 Å². The first kappa shape index (κ1) is 55.6. The van der Waals surface area contributed by atoms with Crippen molar-refractivity contribution in [3.63, 3.8) is 0 Å². The Morgan fingerprint density at radius 2 is 0.772 bits per heavy atom. The van der Waals surface area contributed by atoms with Gasteiger partial charge >= 0.3 is 12.1 Å². The van der Waals surface area contributed by atoms with Gasteiger partial charge in [0.25, 0.3) is 0 Å². The lowest BCUT2D eigenvalue weighted by Crippen LogP contribution is -2.30. The van der Waals surface area contributed by atoms with Gasteiger partial charge in [-0.15, -0.1) is 0 Å². The first-order valence-corrected chi connectivity index (χ1v) is 24.5. The maximum Gasteiger partial charge on any atom is 0.508 e. The van der Waals surface area contributed by atoms with Crippen molar-refractivity contribution in [2.45, 2.75) is 220 Å². The van der Waals surface area contributed by atoms with Gasteiger partial charge in [-0.25, -0.2) is 4.79 Å². The predicted molar refractivity (Wildman–Crippen MR) is 237 cm³/mol. The zero-order valence-electron chi connectivity index (χ0n) is 38.0. The van der Waals surface area contributed by atoms with Gasteiger partial charge < -0.3 is 33.7 Å². The van der Waals surface area contributed by atoms with Crippen molar-refractivity contribution in [2.75, 3.05) is 72.5 Å². The zero-order chi connectivity index (χ0) is 41.5. The number of hydrogen-bond donors (Lipinski definition) is 1. The van der Waals surface area contributed by atoms with Crippen LogP contribution in [0.15, 0.2) is 0 Å². The third-order valence-electron chi connectivity index (χ3n) is 11.0. The molecule has 0 aromatic rings. The van der Waals surface area contributed by atoms with Gasteiger partial charge in [0.1, 0.15) is 0 Å². The van der Waals surface area contributed by atoms with E-state index in [2.05, 4.69) is 25.7 Å². The fourth-order valence-corrected chi connectivity index (χ4v) is 7.28. The minimum absolute atomic E-state index is 0.0313. The summed E-state index contributed by atoms with van der Waals surface area (Å²) < 4.78 is 27.5. The lowest BCUT2D eigenvalue weighted by molar-refractivity contribution is -0.149. The number of rotatable bonds is 47. The van der Waals surface area contributed by atoms with Gasteiger partial charge in [0, 0.05) is 6.54 Å². The molecule has 9 nitrogen and oxygen atoms in total. The van der Waals surface area contributed by atoms with Crippen molar-refractivity contribution in [3.8, 4) is 0 Å². The molecule has 0 fully saturated rings. The van der Waals surface area contributed by atoms with Crippen LogP contribution in [0.2, 0.25) is 0 Å². The molecular weight excluding hydrogens is 719 g/mol. The number of hydrogen-bond acceptors (Lipinski definition) is 9. The molecule has 0 aromatic carbocycles. The molecule has 0 aliphatic heterocycles. The van der Waals surface area contributed by atoms with Crippen molar-refractivity contribution in [1.29, 1.82) is 0 Å². The van der Waals surface area contributed by atoms with E-state index in [0.717, 1.165) is 110 Å². The third kappa shape index (κ3) is 42.5. The molecule has 1 N–H and O–H groups in total. The van der Waals surface area contributed by atoms with Gasteiger partial charge in [0.05, 0.1) is 58.8 Å². The van der Waals surface area contributed by atoms with Gasteiger partial charge in [-0.3, -0.25) is 4.79 Å². The summed E-state index contributed by atoms with van der Waals surface area (Å²) >= 11 is 0. The largest absolute Gasteiger partial charge is 0.508 e. The fourth-order valence-electron chi connectivity index (χ4n) is 7.28. The molecule has 9 heteroatoms. The van der Waals surface area contributed by atoms with Crippen LogP contribution in [0.3, 0.4) is 0 Å². The third-order valence-corrected chi connectivity index (χ3v) is 11.0. The maximum atomic E-state index is 13.1. The van der Waals surface area contributed by atoms with Gasteiger partial charge in [-0.2, -0.15) is 0 Å². The van der Waals surface area contributed by atoms with Crippen LogP contribution in [0.5, 0.6) is 0 Å². The molecule has 0 saturated carbocycles. The number of ether oxygens (including phenoxy) is 5. The highest BCUT2D eigenvalue weighted by Crippen LogP contribution is 2.21. The van der Waals surface area contributed by atoms with Crippen LogP contribution in [0.25, 0.3) is 0 Å². The smallest absolute Gasteiger partial charge is 0.465 e. The fraction of sp³-hybridized carbons (Fsp3) is 0.958. The number of nitrogens with zero attached hydrogens (tertiary/aromatic N) is 1. The summed E-state index contributed by atoms with van der Waals surface area (Å²) in [7, 11) is 0. The summed E-state index contributed by atoms with van der Waals surface area (Å²) in [5, 5.41) is 8.88. The molecule has 0 radical (unpaired) electrons. The predicted octanol–water partition coefficient (Wildman–Crippen LogP) is 12.8. The molecule has 0 aliphatic carbocycles. The second kappa shape index (κ2) is 47.3. The SMILES string of the molecule is CCCCCCCCCCCOC(=O)OCCCCCN(CCCCCCCOC(=O)C(CCCCCCCC)CCCCCCCC)CCOCCOCCO. The van der Waals surface area contributed by atoms with E-state index in [0.29, 0.717) is 46.2 Å². The van der Waals surface area contributed by atoms with Crippen molar-refractivity contribution in [3.05, 3.63) is 0 Å². The first-order valence-electron chi connectivity index (χ1n) is 24.5. The Kier molecular flexibility index (Phi) is 46.1. The summed E-state index contributed by atoms with van der Waals surface area (Å²) in [4.78, 5) is 27.5. The topological polar surface area (TPSA) is 104 Å². The normalized spacial score (nSPS) is 11.5. The molecule has 0 saturated heterocycles. The van der Waals surface area contributed by atoms with Crippen molar-refractivity contribution in [1.82, 2.24) is 4.90 Å². The Labute approximate surface area is 352 Å². The highest BCUT2D eigenvalue weighted by atomic mass is 16.7. The summed E-state index contributed by atoms with van der Waals surface area (Å²) in [5.41, 5.74) is 0. The summed E-state index contributed by atoms with van der Waals surface area (Å²) in [6, 6.07) is 0. The number of unbranched alkanes of at least 4 members (excludes halogenated alkanes) is 24. The molecule has 340 valence electrons. The van der Waals surface area contributed by atoms with E-state index >= 15 is 0 Å². The molecule has 0 atom stereocenters. The number of aliphatic hydroxyl groups excluding tert-OH is 1. The molecule has 0 heterocycles. The van der Waals surface area contributed by atoms with Gasteiger partial charge in [-0.05, 0) is 64.5 Å². The Bertz CT molecular complexity index is 799. The van der Waals surface area contributed by atoms with Crippen LogP contribution in [0, 0.1) is 5.92 Å². The molecule has 0 rings (SSSR count). The number of aliphatic hydroxyl groups is 1. The first-order chi connectivity index (χ1) is 28.1. The summed E-state index contributed by atoms with van der Waals surface area (Å²) in [6.45, 7) is 13.1. The quantitative estimate of drug-likeness (QED) is 0.0475. The van der Waals surface area contributed by atoms with Crippen LogP contribution in [-0.2, 0) is 28.5 Å². The highest BCUT2D eigenvalue weighted by molar-refractivity contribution is 5.72. The summed E-state index contributed by atoms with van der Waals surface area (Å²) in [6.07, 6.45) is 36.1. The molecular formula is C48H95NO8. The van der Waals surface area contributed by atoms with Gasteiger partial charge in [-0.1, -0.05) is 168 Å². The second-order valence-corrected chi connectivity index (χ2v) is 16.4. The van der Waals surface area contributed by atoms with E-state index in [4.69, 9.17) is 28.8 Å². The van der Waals surface area contributed by atoms with Crippen molar-refractivity contribution >= 4 is 12.1 Å². The van der Waals surface area contributed by atoms with Crippen molar-refractivity contribution < 1.29 is 38.4 Å². The van der Waals surface area contributed by atoms with Gasteiger partial charge in [0.15, 0.2) is 0 Å². The minimum Gasteiger partial charge on any atom is -0.465 e. The van der Waals surface area contributed by atoms with E-state index in [-0.39, 0.29) is 18.5 Å². The number of carbonyl (C=O) groups is 2. The average Bonchev–Trinajstić information content (AvgIpc) is 3.21. The van der Waals surface area contributed by atoms with E-state index in [1.54, 1.807) is 0 Å². The highest BCUT2D eigenvalue weighted by Gasteiger charge is 2.19. The Morgan fingerprint density at radius 3 is 1.23 bits per heavy atom. The lowest BCUT2D eigenvalue weighted by Gasteiger charge is -2.22. The molecule has 0 bridgehead atoms. The molecule has 0 unspecified atom stereocenters. The minimum atomic E-state index is -0.536. The summed E-state index contributed by atoms with van der Waals surface area (Å²) in [5.74, 6) is 0.124.